The van der Waals surface area contributed by atoms with Crippen LogP contribution in [0.15, 0.2) is 0 Å². The molecule has 0 aromatic rings. The first-order valence-electron chi connectivity index (χ1n) is 6.64. The molecule has 0 atom stereocenters. The molecule has 1 N–H and O–H groups in total. The fourth-order valence-corrected chi connectivity index (χ4v) is 1.95. The Morgan fingerprint density at radius 2 is 2.24 bits per heavy atom. The van der Waals surface area contributed by atoms with E-state index in [0.717, 1.165) is 32.4 Å². The van der Waals surface area contributed by atoms with Crippen LogP contribution < -0.4 is 5.32 Å². The molecule has 0 spiro atoms. The largest absolute Gasteiger partial charge is 0.356 e. The second kappa shape index (κ2) is 7.30. The maximum atomic E-state index is 11.4. The van der Waals surface area contributed by atoms with Gasteiger partial charge in [0.2, 0.25) is 11.8 Å². The summed E-state index contributed by atoms with van der Waals surface area (Å²) in [5, 5.41) is 2.90. The van der Waals surface area contributed by atoms with E-state index in [1.54, 1.807) is 0 Å². The van der Waals surface area contributed by atoms with Gasteiger partial charge in [-0.05, 0) is 25.2 Å². The minimum absolute atomic E-state index is 0.131. The summed E-state index contributed by atoms with van der Waals surface area (Å²) >= 11 is 0. The summed E-state index contributed by atoms with van der Waals surface area (Å²) in [6.07, 6.45) is 4.09. The number of amides is 2. The third-order valence-corrected chi connectivity index (χ3v) is 3.05. The zero-order valence-corrected chi connectivity index (χ0v) is 11.0. The first-order valence-corrected chi connectivity index (χ1v) is 6.64. The molecule has 98 valence electrons. The second-order valence-electron chi connectivity index (χ2n) is 5.12. The molecule has 0 aromatic heterocycles. The van der Waals surface area contributed by atoms with Crippen molar-refractivity contribution in [3.63, 3.8) is 0 Å². The van der Waals surface area contributed by atoms with Gasteiger partial charge in [-0.2, -0.15) is 0 Å². The van der Waals surface area contributed by atoms with Gasteiger partial charge in [0.05, 0.1) is 0 Å². The van der Waals surface area contributed by atoms with Crippen molar-refractivity contribution in [2.75, 3.05) is 19.6 Å². The number of hydrogen-bond acceptors (Lipinski definition) is 2. The van der Waals surface area contributed by atoms with E-state index in [-0.39, 0.29) is 11.8 Å². The normalized spacial score (nSPS) is 15.7. The van der Waals surface area contributed by atoms with Crippen molar-refractivity contribution < 1.29 is 9.59 Å². The average molecular weight is 240 g/mol. The lowest BCUT2D eigenvalue weighted by atomic mass is 10.1. The van der Waals surface area contributed by atoms with Crippen LogP contribution in [0.3, 0.4) is 0 Å². The molecule has 1 fully saturated rings. The van der Waals surface area contributed by atoms with Gasteiger partial charge < -0.3 is 10.2 Å². The van der Waals surface area contributed by atoms with Crippen molar-refractivity contribution in [2.24, 2.45) is 5.92 Å². The lowest BCUT2D eigenvalue weighted by Crippen LogP contribution is -2.30. The Hall–Kier alpha value is -1.06. The summed E-state index contributed by atoms with van der Waals surface area (Å²) in [5.74, 6) is 0.963. The fraction of sp³-hybridized carbons (Fsp3) is 0.846. The predicted molar refractivity (Wildman–Crippen MR) is 67.5 cm³/mol. The molecule has 0 unspecified atom stereocenters. The van der Waals surface area contributed by atoms with Crippen LogP contribution in [0.5, 0.6) is 0 Å². The van der Waals surface area contributed by atoms with E-state index in [2.05, 4.69) is 19.2 Å². The molecule has 1 heterocycles. The molecular weight excluding hydrogens is 216 g/mol. The van der Waals surface area contributed by atoms with Crippen LogP contribution in [0.1, 0.15) is 46.0 Å². The van der Waals surface area contributed by atoms with E-state index in [9.17, 15) is 9.59 Å². The first kappa shape index (κ1) is 14.0. The minimum Gasteiger partial charge on any atom is -0.356 e. The summed E-state index contributed by atoms with van der Waals surface area (Å²) in [6, 6.07) is 0. The Morgan fingerprint density at radius 3 is 2.82 bits per heavy atom. The van der Waals surface area contributed by atoms with Gasteiger partial charge in [0, 0.05) is 32.5 Å². The Morgan fingerprint density at radius 1 is 1.47 bits per heavy atom. The minimum atomic E-state index is 0.131. The molecule has 0 radical (unpaired) electrons. The molecule has 0 aromatic carbocycles. The average Bonchev–Trinajstić information content (AvgIpc) is 2.68. The lowest BCUT2D eigenvalue weighted by molar-refractivity contribution is -0.127. The number of nitrogens with zero attached hydrogens (tertiary/aromatic N) is 1. The van der Waals surface area contributed by atoms with Gasteiger partial charge in [-0.15, -0.1) is 0 Å². The molecule has 1 aliphatic heterocycles. The maximum Gasteiger partial charge on any atom is 0.222 e. The van der Waals surface area contributed by atoms with E-state index in [1.807, 2.05) is 4.90 Å². The zero-order valence-electron chi connectivity index (χ0n) is 11.0. The van der Waals surface area contributed by atoms with Crippen LogP contribution in [0.25, 0.3) is 0 Å². The number of carbonyl (C=O) groups is 2. The second-order valence-corrected chi connectivity index (χ2v) is 5.12. The Bertz CT molecular complexity index is 264. The van der Waals surface area contributed by atoms with Crippen molar-refractivity contribution in [1.29, 1.82) is 0 Å². The van der Waals surface area contributed by atoms with Gasteiger partial charge in [0.25, 0.3) is 0 Å². The molecule has 2 amide bonds. The third kappa shape index (κ3) is 5.71. The third-order valence-electron chi connectivity index (χ3n) is 3.05. The monoisotopic (exact) mass is 240 g/mol. The van der Waals surface area contributed by atoms with Gasteiger partial charge in [-0.1, -0.05) is 13.8 Å². The molecule has 1 aliphatic rings. The van der Waals surface area contributed by atoms with Crippen molar-refractivity contribution in [3.8, 4) is 0 Å². The molecule has 0 bridgehead atoms. The molecule has 0 saturated carbocycles. The lowest BCUT2D eigenvalue weighted by Gasteiger charge is -2.15. The number of nitrogens with one attached hydrogen (secondary N) is 1. The summed E-state index contributed by atoms with van der Waals surface area (Å²) in [7, 11) is 0. The van der Waals surface area contributed by atoms with Crippen LogP contribution in [-0.4, -0.2) is 36.3 Å². The van der Waals surface area contributed by atoms with Gasteiger partial charge in [-0.3, -0.25) is 9.59 Å². The van der Waals surface area contributed by atoms with Gasteiger partial charge in [0.1, 0.15) is 0 Å². The van der Waals surface area contributed by atoms with Crippen molar-refractivity contribution >= 4 is 11.8 Å². The van der Waals surface area contributed by atoms with Crippen molar-refractivity contribution in [1.82, 2.24) is 10.2 Å². The molecule has 1 rings (SSSR count). The summed E-state index contributed by atoms with van der Waals surface area (Å²) in [6.45, 7) is 6.59. The molecule has 4 heteroatoms. The van der Waals surface area contributed by atoms with Crippen LogP contribution in [0, 0.1) is 5.92 Å². The maximum absolute atomic E-state index is 11.4. The number of carbonyl (C=O) groups excluding carboxylic acids is 2. The Balaban J connectivity index is 2.00. The van der Waals surface area contributed by atoms with E-state index in [0.29, 0.717) is 25.3 Å². The van der Waals surface area contributed by atoms with E-state index >= 15 is 0 Å². The standard InChI is InChI=1S/C13H24N2O2/c1-11(2)6-7-12(16)14-8-4-10-15-9-3-5-13(15)17/h11H,3-10H2,1-2H3,(H,14,16). The van der Waals surface area contributed by atoms with Gasteiger partial charge >= 0.3 is 0 Å². The van der Waals surface area contributed by atoms with Crippen LogP contribution in [-0.2, 0) is 9.59 Å². The number of likely N-dealkylation sites (tertiary alicyclic amines) is 1. The number of rotatable bonds is 7. The van der Waals surface area contributed by atoms with E-state index in [1.165, 1.54) is 0 Å². The fourth-order valence-electron chi connectivity index (χ4n) is 1.95. The summed E-state index contributed by atoms with van der Waals surface area (Å²) < 4.78 is 0. The summed E-state index contributed by atoms with van der Waals surface area (Å²) in [5.41, 5.74) is 0. The van der Waals surface area contributed by atoms with Crippen molar-refractivity contribution in [3.05, 3.63) is 0 Å². The SMILES string of the molecule is CC(C)CCC(=O)NCCCN1CCCC1=O. The quantitative estimate of drug-likeness (QED) is 0.686. The highest BCUT2D eigenvalue weighted by Gasteiger charge is 2.18. The topological polar surface area (TPSA) is 49.4 Å². The van der Waals surface area contributed by atoms with Gasteiger partial charge in [0.15, 0.2) is 0 Å². The Kier molecular flexibility index (Phi) is 6.01. The van der Waals surface area contributed by atoms with E-state index in [4.69, 9.17) is 0 Å². The van der Waals surface area contributed by atoms with Crippen molar-refractivity contribution in [2.45, 2.75) is 46.0 Å². The highest BCUT2D eigenvalue weighted by molar-refractivity contribution is 5.78. The number of hydrogen-bond donors (Lipinski definition) is 1. The van der Waals surface area contributed by atoms with Crippen LogP contribution >= 0.6 is 0 Å². The van der Waals surface area contributed by atoms with Crippen LogP contribution in [0.2, 0.25) is 0 Å². The molecule has 0 aliphatic carbocycles. The molecule has 4 nitrogen and oxygen atoms in total. The highest BCUT2D eigenvalue weighted by atomic mass is 16.2. The zero-order chi connectivity index (χ0) is 12.7. The van der Waals surface area contributed by atoms with Crippen LogP contribution in [0.4, 0.5) is 0 Å². The Labute approximate surface area is 104 Å². The van der Waals surface area contributed by atoms with E-state index < -0.39 is 0 Å². The molecule has 17 heavy (non-hydrogen) atoms. The molecular formula is C13H24N2O2. The smallest absolute Gasteiger partial charge is 0.222 e. The molecule has 1 saturated heterocycles. The first-order chi connectivity index (χ1) is 8.09. The summed E-state index contributed by atoms with van der Waals surface area (Å²) in [4.78, 5) is 24.6. The predicted octanol–water partition coefficient (Wildman–Crippen LogP) is 1.55. The highest BCUT2D eigenvalue weighted by Crippen LogP contribution is 2.09. The van der Waals surface area contributed by atoms with Gasteiger partial charge in [-0.25, -0.2) is 0 Å².